The molecule has 1 aromatic carbocycles. The third-order valence-electron chi connectivity index (χ3n) is 4.89. The molecule has 0 bridgehead atoms. The van der Waals surface area contributed by atoms with Crippen molar-refractivity contribution >= 4 is 34.5 Å². The van der Waals surface area contributed by atoms with Gasteiger partial charge in [0.25, 0.3) is 0 Å². The Morgan fingerprint density at radius 2 is 2.19 bits per heavy atom. The molecule has 26 heavy (non-hydrogen) atoms. The van der Waals surface area contributed by atoms with Gasteiger partial charge in [0.15, 0.2) is 0 Å². The fraction of sp³-hybridized carbons (Fsp3) is 0.400. The minimum absolute atomic E-state index is 0.00275. The van der Waals surface area contributed by atoms with E-state index in [1.165, 1.54) is 18.4 Å². The zero-order valence-electron chi connectivity index (χ0n) is 14.7. The second kappa shape index (κ2) is 7.60. The Balaban J connectivity index is 1.38. The molecule has 6 heteroatoms. The topological polar surface area (TPSA) is 52.7 Å². The Bertz CT molecular complexity index is 786. The molecule has 5 nitrogen and oxygen atoms in total. The van der Waals surface area contributed by atoms with Crippen LogP contribution in [-0.2, 0) is 16.1 Å². The molecule has 1 aliphatic carbocycles. The van der Waals surface area contributed by atoms with Gasteiger partial charge in [0, 0.05) is 36.9 Å². The lowest BCUT2D eigenvalue weighted by Gasteiger charge is -2.21. The summed E-state index contributed by atoms with van der Waals surface area (Å²) >= 11 is 1.69. The van der Waals surface area contributed by atoms with Gasteiger partial charge in [-0.1, -0.05) is 6.07 Å². The van der Waals surface area contributed by atoms with Crippen molar-refractivity contribution in [2.45, 2.75) is 38.3 Å². The highest BCUT2D eigenvalue weighted by Crippen LogP contribution is 2.29. The van der Waals surface area contributed by atoms with Gasteiger partial charge in [0.1, 0.15) is 0 Å². The summed E-state index contributed by atoms with van der Waals surface area (Å²) in [4.78, 5) is 28.5. The Kier molecular flexibility index (Phi) is 5.04. The number of thiophene rings is 1. The van der Waals surface area contributed by atoms with E-state index in [1.54, 1.807) is 16.2 Å². The number of hydrogen-bond donors (Lipinski definition) is 1. The van der Waals surface area contributed by atoms with Gasteiger partial charge in [0.05, 0.1) is 6.54 Å². The molecule has 4 rings (SSSR count). The Labute approximate surface area is 157 Å². The maximum atomic E-state index is 12.5. The molecule has 2 amide bonds. The summed E-state index contributed by atoms with van der Waals surface area (Å²) in [5.74, 6) is 0.154. The number of nitrogens with zero attached hydrogens (tertiary/aromatic N) is 2. The SMILES string of the molecule is O=C(CN(Cc1ccsc1)C1CC1)Nc1cccc(N2CCCC2=O)c1. The van der Waals surface area contributed by atoms with E-state index in [1.807, 2.05) is 24.3 Å². The molecule has 2 aromatic rings. The summed E-state index contributed by atoms with van der Waals surface area (Å²) in [7, 11) is 0. The molecule has 136 valence electrons. The van der Waals surface area contributed by atoms with E-state index in [2.05, 4.69) is 27.0 Å². The van der Waals surface area contributed by atoms with E-state index in [4.69, 9.17) is 0 Å². The first kappa shape index (κ1) is 17.2. The second-order valence-corrected chi connectivity index (χ2v) is 7.80. The monoisotopic (exact) mass is 369 g/mol. The lowest BCUT2D eigenvalue weighted by Crippen LogP contribution is -2.34. The molecule has 0 spiro atoms. The van der Waals surface area contributed by atoms with Crippen LogP contribution < -0.4 is 10.2 Å². The first-order valence-electron chi connectivity index (χ1n) is 9.14. The van der Waals surface area contributed by atoms with Gasteiger partial charge in [0.2, 0.25) is 11.8 Å². The van der Waals surface area contributed by atoms with E-state index in [9.17, 15) is 9.59 Å². The van der Waals surface area contributed by atoms with Crippen LogP contribution in [0.1, 0.15) is 31.2 Å². The van der Waals surface area contributed by atoms with Crippen LogP contribution in [0, 0.1) is 0 Å². The molecule has 0 atom stereocenters. The highest BCUT2D eigenvalue weighted by Gasteiger charge is 2.30. The largest absolute Gasteiger partial charge is 0.325 e. The van der Waals surface area contributed by atoms with Crippen molar-refractivity contribution in [1.29, 1.82) is 0 Å². The van der Waals surface area contributed by atoms with Gasteiger partial charge in [-0.15, -0.1) is 0 Å². The number of carbonyl (C=O) groups is 2. The van der Waals surface area contributed by atoms with Crippen LogP contribution in [0.25, 0.3) is 0 Å². The summed E-state index contributed by atoms with van der Waals surface area (Å²) in [5.41, 5.74) is 2.88. The molecule has 0 radical (unpaired) electrons. The zero-order chi connectivity index (χ0) is 17.9. The van der Waals surface area contributed by atoms with E-state index < -0.39 is 0 Å². The van der Waals surface area contributed by atoms with Crippen LogP contribution in [0.15, 0.2) is 41.1 Å². The summed E-state index contributed by atoms with van der Waals surface area (Å²) in [6.07, 6.45) is 3.85. The fourth-order valence-electron chi connectivity index (χ4n) is 3.43. The molecule has 1 saturated heterocycles. The highest BCUT2D eigenvalue weighted by molar-refractivity contribution is 7.07. The predicted octanol–water partition coefficient (Wildman–Crippen LogP) is 3.48. The normalized spacial score (nSPS) is 17.1. The maximum absolute atomic E-state index is 12.5. The molecular weight excluding hydrogens is 346 g/mol. The Morgan fingerprint density at radius 3 is 2.88 bits per heavy atom. The summed E-state index contributed by atoms with van der Waals surface area (Å²) in [6.45, 7) is 1.98. The Morgan fingerprint density at radius 1 is 1.31 bits per heavy atom. The van der Waals surface area contributed by atoms with Crippen molar-refractivity contribution < 1.29 is 9.59 Å². The smallest absolute Gasteiger partial charge is 0.238 e. The lowest BCUT2D eigenvalue weighted by molar-refractivity contribution is -0.118. The first-order valence-corrected chi connectivity index (χ1v) is 10.1. The quantitative estimate of drug-likeness (QED) is 0.813. The average Bonchev–Trinajstić information content (AvgIpc) is 3.18. The van der Waals surface area contributed by atoms with Crippen molar-refractivity contribution in [3.8, 4) is 0 Å². The molecule has 2 aliphatic rings. The van der Waals surface area contributed by atoms with Crippen LogP contribution in [0.4, 0.5) is 11.4 Å². The van der Waals surface area contributed by atoms with Crippen LogP contribution in [0.5, 0.6) is 0 Å². The van der Waals surface area contributed by atoms with Gasteiger partial charge in [-0.2, -0.15) is 11.3 Å². The standard InChI is InChI=1S/C20H23N3O2S/c24-19(13-22(17-6-7-17)12-15-8-10-26-14-15)21-16-3-1-4-18(11-16)23-9-2-5-20(23)25/h1,3-4,8,10-11,14,17H,2,5-7,9,12-13H2,(H,21,24). The van der Waals surface area contributed by atoms with Crippen molar-refractivity contribution in [3.05, 3.63) is 46.7 Å². The molecule has 2 heterocycles. The molecule has 1 aliphatic heterocycles. The molecule has 0 unspecified atom stereocenters. The lowest BCUT2D eigenvalue weighted by atomic mass is 10.2. The second-order valence-electron chi connectivity index (χ2n) is 7.02. The molecular formula is C20H23N3O2S. The van der Waals surface area contributed by atoms with E-state index in [-0.39, 0.29) is 11.8 Å². The number of nitrogens with one attached hydrogen (secondary N) is 1. The number of hydrogen-bond acceptors (Lipinski definition) is 4. The number of amides is 2. The maximum Gasteiger partial charge on any atom is 0.238 e. The van der Waals surface area contributed by atoms with Crippen molar-refractivity contribution in [3.63, 3.8) is 0 Å². The summed E-state index contributed by atoms with van der Waals surface area (Å²) < 4.78 is 0. The third-order valence-corrected chi connectivity index (χ3v) is 5.62. The molecule has 1 saturated carbocycles. The van der Waals surface area contributed by atoms with Crippen LogP contribution in [0.2, 0.25) is 0 Å². The summed E-state index contributed by atoms with van der Waals surface area (Å²) in [6, 6.07) is 10.2. The van der Waals surface area contributed by atoms with Crippen LogP contribution in [0.3, 0.4) is 0 Å². The summed E-state index contributed by atoms with van der Waals surface area (Å²) in [5, 5.41) is 7.22. The number of carbonyl (C=O) groups excluding carboxylic acids is 2. The molecule has 2 fully saturated rings. The van der Waals surface area contributed by atoms with Crippen LogP contribution >= 0.6 is 11.3 Å². The number of benzene rings is 1. The van der Waals surface area contributed by atoms with Gasteiger partial charge in [-0.3, -0.25) is 14.5 Å². The van der Waals surface area contributed by atoms with Gasteiger partial charge < -0.3 is 10.2 Å². The van der Waals surface area contributed by atoms with Crippen LogP contribution in [-0.4, -0.2) is 35.8 Å². The van der Waals surface area contributed by atoms with Crippen molar-refractivity contribution in [2.24, 2.45) is 0 Å². The first-order chi connectivity index (χ1) is 12.7. The van der Waals surface area contributed by atoms with Gasteiger partial charge in [-0.25, -0.2) is 0 Å². The van der Waals surface area contributed by atoms with Crippen molar-refractivity contribution in [1.82, 2.24) is 4.90 Å². The average molecular weight is 369 g/mol. The zero-order valence-corrected chi connectivity index (χ0v) is 15.5. The third kappa shape index (κ3) is 4.14. The van der Waals surface area contributed by atoms with E-state index >= 15 is 0 Å². The molecule has 1 aromatic heterocycles. The fourth-order valence-corrected chi connectivity index (χ4v) is 4.09. The van der Waals surface area contributed by atoms with E-state index in [0.717, 1.165) is 30.9 Å². The number of anilines is 2. The minimum Gasteiger partial charge on any atom is -0.325 e. The highest BCUT2D eigenvalue weighted by atomic mass is 32.1. The van der Waals surface area contributed by atoms with Crippen molar-refractivity contribution in [2.75, 3.05) is 23.3 Å². The minimum atomic E-state index is -0.00275. The van der Waals surface area contributed by atoms with E-state index in [0.29, 0.717) is 19.0 Å². The van der Waals surface area contributed by atoms with Gasteiger partial charge in [-0.05, 0) is 59.9 Å². The Hall–Kier alpha value is -2.18. The number of rotatable bonds is 7. The van der Waals surface area contributed by atoms with Gasteiger partial charge >= 0.3 is 0 Å². The predicted molar refractivity (Wildman–Crippen MR) is 104 cm³/mol. The molecule has 1 N–H and O–H groups in total.